The molecule has 7 atom stereocenters. The number of carbonyl (C=O) groups is 6. The molecule has 2 aliphatic carbocycles. The van der Waals surface area contributed by atoms with Gasteiger partial charge in [0.05, 0.1) is 18.2 Å². The summed E-state index contributed by atoms with van der Waals surface area (Å²) in [5.74, 6) is -2.18. The van der Waals surface area contributed by atoms with Crippen LogP contribution in [-0.2, 0) is 28.7 Å². The Bertz CT molecular complexity index is 1390. The van der Waals surface area contributed by atoms with Crippen LogP contribution in [0.1, 0.15) is 120 Å². The molecule has 0 radical (unpaired) electrons. The average molecular weight is 729 g/mol. The predicted octanol–water partition coefficient (Wildman–Crippen LogP) is 3.29. The van der Waals surface area contributed by atoms with E-state index < -0.39 is 65.2 Å². The van der Waals surface area contributed by atoms with Gasteiger partial charge in [0, 0.05) is 38.7 Å². The van der Waals surface area contributed by atoms with Crippen molar-refractivity contribution in [1.29, 1.82) is 0 Å². The van der Waals surface area contributed by atoms with Gasteiger partial charge in [0.15, 0.2) is 0 Å². The molecule has 5 aliphatic rings. The van der Waals surface area contributed by atoms with Crippen LogP contribution in [0.4, 0.5) is 4.79 Å². The number of hydrogen-bond donors (Lipinski definition) is 4. The van der Waals surface area contributed by atoms with Crippen molar-refractivity contribution in [1.82, 2.24) is 31.1 Å². The second kappa shape index (κ2) is 15.6. The zero-order chi connectivity index (χ0) is 38.2. The topological polar surface area (TPSA) is 166 Å². The van der Waals surface area contributed by atoms with Gasteiger partial charge in [0.2, 0.25) is 23.5 Å². The summed E-state index contributed by atoms with van der Waals surface area (Å²) in [6.45, 7) is 17.8. The van der Waals surface area contributed by atoms with E-state index in [4.69, 9.17) is 4.74 Å². The fourth-order valence-electron chi connectivity index (χ4n) is 8.35. The number of hydrogen-bond acceptors (Lipinski definition) is 7. The number of Topliss-reactive ketones (excluding diaryl/α,β-unsaturated/α-hetero) is 1. The third-order valence-corrected chi connectivity index (χ3v) is 12.4. The molecule has 13 nitrogen and oxygen atoms in total. The van der Waals surface area contributed by atoms with Crippen LogP contribution in [0.2, 0.25) is 0 Å². The minimum Gasteiger partial charge on any atom is -0.376 e. The van der Waals surface area contributed by atoms with Crippen LogP contribution in [0.15, 0.2) is 0 Å². The number of likely N-dealkylation sites (tertiary alicyclic amines) is 1. The van der Waals surface area contributed by atoms with Crippen molar-refractivity contribution in [3.8, 4) is 0 Å². The molecule has 6 amide bonds. The Morgan fingerprint density at radius 3 is 2.29 bits per heavy atom. The molecule has 292 valence electrons. The maximum atomic E-state index is 14.6. The Morgan fingerprint density at radius 2 is 1.63 bits per heavy atom. The summed E-state index contributed by atoms with van der Waals surface area (Å²) in [6, 6.07) is -3.88. The first-order valence-electron chi connectivity index (χ1n) is 19.7. The molecule has 0 aromatic heterocycles. The summed E-state index contributed by atoms with van der Waals surface area (Å²) in [6.07, 6.45) is 6.70. The maximum absolute atomic E-state index is 14.6. The molecule has 0 bridgehead atoms. The Morgan fingerprint density at radius 1 is 0.962 bits per heavy atom. The molecule has 0 unspecified atom stereocenters. The quantitative estimate of drug-likeness (QED) is 0.292. The second-order valence-corrected chi connectivity index (χ2v) is 18.6. The van der Waals surface area contributed by atoms with Gasteiger partial charge in [0.1, 0.15) is 12.1 Å². The van der Waals surface area contributed by atoms with E-state index in [9.17, 15) is 28.8 Å². The summed E-state index contributed by atoms with van der Waals surface area (Å²) in [5.41, 5.74) is -0.644. The lowest BCUT2D eigenvalue weighted by Crippen LogP contribution is -2.63. The standard InChI is InChI=1S/C39H64N6O7/c1-23-30(43-36(51)42-27(37(2,3)4)22-44-18-17-38(5,6)20-28(44)46)35(50)45-21-25-29(39(25,7)8)31(45)33(48)41-26(14-12-10-9-11-13-19-52-23)32(47)34(49)40-24-15-16-24/h23-27,29-31H,9-22H2,1-8H3,(H,40,49)(H,41,48)(H2,42,43,51)/t23-,25-,26+,27+,29-,30-,31-/m0/s1. The lowest BCUT2D eigenvalue weighted by atomic mass is 9.81. The number of ketones is 1. The van der Waals surface area contributed by atoms with Gasteiger partial charge in [0.25, 0.3) is 5.91 Å². The molecular formula is C39H64N6O7. The summed E-state index contributed by atoms with van der Waals surface area (Å²) in [4.78, 5) is 85.2. The lowest BCUT2D eigenvalue weighted by Gasteiger charge is -2.41. The van der Waals surface area contributed by atoms with Crippen molar-refractivity contribution >= 4 is 35.4 Å². The number of ether oxygens (including phenoxy) is 1. The second-order valence-electron chi connectivity index (χ2n) is 18.6. The van der Waals surface area contributed by atoms with Crippen LogP contribution in [-0.4, -0.2) is 108 Å². The molecule has 13 heteroatoms. The monoisotopic (exact) mass is 728 g/mol. The molecule has 5 fully saturated rings. The zero-order valence-electron chi connectivity index (χ0n) is 32.8. The van der Waals surface area contributed by atoms with Gasteiger partial charge in [-0.1, -0.05) is 74.1 Å². The summed E-state index contributed by atoms with van der Waals surface area (Å²) >= 11 is 0. The molecule has 2 saturated carbocycles. The van der Waals surface area contributed by atoms with Crippen molar-refractivity contribution in [2.75, 3.05) is 26.2 Å². The van der Waals surface area contributed by atoms with E-state index in [1.165, 1.54) is 0 Å². The largest absolute Gasteiger partial charge is 0.376 e. The van der Waals surface area contributed by atoms with Crippen molar-refractivity contribution in [2.24, 2.45) is 28.1 Å². The van der Waals surface area contributed by atoms with Crippen LogP contribution in [0.5, 0.6) is 0 Å². The molecule has 3 heterocycles. The highest BCUT2D eigenvalue weighted by molar-refractivity contribution is 6.38. The molecule has 0 spiro atoms. The van der Waals surface area contributed by atoms with E-state index in [-0.39, 0.29) is 34.6 Å². The Hall–Kier alpha value is -3.22. The van der Waals surface area contributed by atoms with E-state index in [1.807, 2.05) is 25.7 Å². The van der Waals surface area contributed by atoms with E-state index >= 15 is 0 Å². The number of urea groups is 1. The van der Waals surface area contributed by atoms with Gasteiger partial charge >= 0.3 is 6.03 Å². The zero-order valence-corrected chi connectivity index (χ0v) is 32.8. The minimum absolute atomic E-state index is 0.0125. The fraction of sp³-hybridized carbons (Fsp3) is 0.846. The first-order valence-corrected chi connectivity index (χ1v) is 19.7. The molecule has 3 aliphatic heterocycles. The highest BCUT2D eigenvalue weighted by Crippen LogP contribution is 2.65. The molecule has 0 aromatic carbocycles. The first-order chi connectivity index (χ1) is 24.3. The SMILES string of the molecule is C[C@@H]1OCCCCCCC[C@H](C(=O)C(=O)NC2CC2)NC(=O)[C@@H]2[C@@H]3[C@H](CN2C(=O)[C@H]1NC(=O)N[C@H](CN1CCC(C)(C)CC1=O)C(C)(C)C)C3(C)C. The van der Waals surface area contributed by atoms with Crippen LogP contribution in [0.25, 0.3) is 0 Å². The van der Waals surface area contributed by atoms with Gasteiger partial charge in [-0.2, -0.15) is 0 Å². The summed E-state index contributed by atoms with van der Waals surface area (Å²) < 4.78 is 6.19. The van der Waals surface area contributed by atoms with Crippen LogP contribution in [0, 0.1) is 28.1 Å². The Balaban J connectivity index is 1.35. The van der Waals surface area contributed by atoms with Crippen LogP contribution < -0.4 is 21.3 Å². The third-order valence-electron chi connectivity index (χ3n) is 12.4. The highest BCUT2D eigenvalue weighted by Gasteiger charge is 2.69. The molecule has 5 rings (SSSR count). The third kappa shape index (κ3) is 9.46. The van der Waals surface area contributed by atoms with Crippen LogP contribution >= 0.6 is 0 Å². The maximum Gasteiger partial charge on any atom is 0.315 e. The van der Waals surface area contributed by atoms with Crippen molar-refractivity contribution in [2.45, 2.75) is 156 Å². The minimum atomic E-state index is -1.09. The molecule has 52 heavy (non-hydrogen) atoms. The summed E-state index contributed by atoms with van der Waals surface area (Å²) in [5, 5.41) is 11.7. The van der Waals surface area contributed by atoms with Gasteiger partial charge in [-0.05, 0) is 67.1 Å². The van der Waals surface area contributed by atoms with Crippen molar-refractivity contribution in [3.05, 3.63) is 0 Å². The van der Waals surface area contributed by atoms with Crippen molar-refractivity contribution < 1.29 is 33.5 Å². The smallest absolute Gasteiger partial charge is 0.315 e. The highest BCUT2D eigenvalue weighted by atomic mass is 16.5. The van der Waals surface area contributed by atoms with Gasteiger partial charge in [-0.3, -0.25) is 24.0 Å². The fourth-order valence-corrected chi connectivity index (χ4v) is 8.35. The first kappa shape index (κ1) is 40.0. The number of rotatable bonds is 7. The number of piperidine rings is 2. The number of nitrogens with one attached hydrogen (secondary N) is 4. The van der Waals surface area contributed by atoms with E-state index in [1.54, 1.807) is 11.8 Å². The molecule has 0 aromatic rings. The van der Waals surface area contributed by atoms with E-state index in [0.717, 1.165) is 44.9 Å². The Kier molecular flexibility index (Phi) is 12.0. The van der Waals surface area contributed by atoms with Gasteiger partial charge < -0.3 is 35.8 Å². The molecule has 4 N–H and O–H groups in total. The predicted molar refractivity (Wildman–Crippen MR) is 196 cm³/mol. The number of carbonyl (C=O) groups excluding carboxylic acids is 6. The molecule has 3 saturated heterocycles. The normalized spacial score (nSPS) is 31.8. The van der Waals surface area contributed by atoms with E-state index in [2.05, 4.69) is 49.0 Å². The summed E-state index contributed by atoms with van der Waals surface area (Å²) in [7, 11) is 0. The van der Waals surface area contributed by atoms with Gasteiger partial charge in [-0.25, -0.2) is 4.79 Å². The number of amides is 6. The van der Waals surface area contributed by atoms with Crippen LogP contribution in [0.3, 0.4) is 0 Å². The van der Waals surface area contributed by atoms with E-state index in [0.29, 0.717) is 45.5 Å². The number of nitrogens with zero attached hydrogens (tertiary/aromatic N) is 2. The number of fused-ring (bicyclic) bond motifs is 3. The lowest BCUT2D eigenvalue weighted by molar-refractivity contribution is -0.146. The van der Waals surface area contributed by atoms with Gasteiger partial charge in [-0.15, -0.1) is 0 Å². The average Bonchev–Trinajstić information content (AvgIpc) is 3.90. The Labute approximate surface area is 309 Å². The molecular weight excluding hydrogens is 664 g/mol. The van der Waals surface area contributed by atoms with Crippen molar-refractivity contribution in [3.63, 3.8) is 0 Å².